The summed E-state index contributed by atoms with van der Waals surface area (Å²) in [5.41, 5.74) is 0.289. The third kappa shape index (κ3) is 4.19. The van der Waals surface area contributed by atoms with Gasteiger partial charge in [0.25, 0.3) is 0 Å². The zero-order chi connectivity index (χ0) is 21.5. The molecule has 2 aromatic rings. The molecule has 0 atom stereocenters. The van der Waals surface area contributed by atoms with Crippen molar-refractivity contribution in [1.29, 1.82) is 0 Å². The molecule has 0 saturated carbocycles. The second-order valence-electron chi connectivity index (χ2n) is 7.67. The largest absolute Gasteiger partial charge is 0.490 e. The number of carbonyl (C=O) groups excluding carboxylic acids is 1. The summed E-state index contributed by atoms with van der Waals surface area (Å²) in [5.74, 6) is -0.863. The van der Waals surface area contributed by atoms with E-state index in [9.17, 15) is 18.7 Å². The monoisotopic (exact) mass is 456 g/mol. The number of carbonyl (C=O) groups is 1. The van der Waals surface area contributed by atoms with Gasteiger partial charge in [-0.3, -0.25) is 4.79 Å². The van der Waals surface area contributed by atoms with E-state index >= 15 is 0 Å². The maximum Gasteiger partial charge on any atom is 0.224 e. The van der Waals surface area contributed by atoms with E-state index < -0.39 is 17.2 Å². The zero-order valence-electron chi connectivity index (χ0n) is 16.0. The van der Waals surface area contributed by atoms with Gasteiger partial charge in [-0.25, -0.2) is 8.78 Å². The first-order valence-electron chi connectivity index (χ1n) is 9.62. The van der Waals surface area contributed by atoms with Crippen molar-refractivity contribution in [1.82, 2.24) is 0 Å². The highest BCUT2D eigenvalue weighted by Crippen LogP contribution is 2.37. The maximum absolute atomic E-state index is 14.0. The van der Waals surface area contributed by atoms with Crippen LogP contribution in [0.15, 0.2) is 24.3 Å². The van der Waals surface area contributed by atoms with Crippen LogP contribution in [0.25, 0.3) is 0 Å². The third-order valence-electron chi connectivity index (χ3n) is 5.61. The van der Waals surface area contributed by atoms with E-state index in [1.165, 1.54) is 24.3 Å². The smallest absolute Gasteiger partial charge is 0.224 e. The summed E-state index contributed by atoms with van der Waals surface area (Å²) in [6, 6.07) is 5.43. The minimum atomic E-state index is -1.08. The second kappa shape index (κ2) is 8.21. The number of fused-ring (bicyclic) bond motifs is 1. The van der Waals surface area contributed by atoms with Crippen molar-refractivity contribution in [2.24, 2.45) is 0 Å². The first kappa shape index (κ1) is 21.2. The molecule has 0 unspecified atom stereocenters. The Morgan fingerprint density at radius 1 is 1.10 bits per heavy atom. The van der Waals surface area contributed by atoms with E-state index in [0.717, 1.165) is 0 Å². The van der Waals surface area contributed by atoms with E-state index in [-0.39, 0.29) is 34.7 Å². The molecule has 2 N–H and O–H groups in total. The van der Waals surface area contributed by atoms with Crippen LogP contribution in [0.4, 0.5) is 20.2 Å². The van der Waals surface area contributed by atoms with Gasteiger partial charge in [0.15, 0.2) is 0 Å². The van der Waals surface area contributed by atoms with Crippen LogP contribution in [0.5, 0.6) is 5.75 Å². The Morgan fingerprint density at radius 2 is 1.83 bits per heavy atom. The van der Waals surface area contributed by atoms with E-state index in [2.05, 4.69) is 5.32 Å². The SMILES string of the molecule is O=C1CCc2c(OCC3(O)CCN(c4cc(Cl)c(F)cc4Cl)CC3)ccc(F)c2N1. The lowest BCUT2D eigenvalue weighted by molar-refractivity contribution is -0.116. The van der Waals surface area contributed by atoms with Gasteiger partial charge in [-0.15, -0.1) is 0 Å². The molecule has 1 fully saturated rings. The predicted octanol–water partition coefficient (Wildman–Crippen LogP) is 4.57. The summed E-state index contributed by atoms with van der Waals surface area (Å²) in [4.78, 5) is 13.5. The van der Waals surface area contributed by atoms with Crippen molar-refractivity contribution in [2.75, 3.05) is 29.9 Å². The summed E-state index contributed by atoms with van der Waals surface area (Å²) in [7, 11) is 0. The Labute approximate surface area is 182 Å². The van der Waals surface area contributed by atoms with E-state index in [4.69, 9.17) is 27.9 Å². The average Bonchev–Trinajstić information content (AvgIpc) is 2.71. The van der Waals surface area contributed by atoms with Gasteiger partial charge in [0, 0.05) is 25.1 Å². The minimum Gasteiger partial charge on any atom is -0.490 e. The predicted molar refractivity (Wildman–Crippen MR) is 112 cm³/mol. The van der Waals surface area contributed by atoms with Crippen LogP contribution in [0, 0.1) is 11.6 Å². The van der Waals surface area contributed by atoms with Crippen molar-refractivity contribution in [3.63, 3.8) is 0 Å². The molecule has 1 amide bonds. The van der Waals surface area contributed by atoms with Gasteiger partial charge in [0.2, 0.25) is 5.91 Å². The summed E-state index contributed by atoms with van der Waals surface area (Å²) < 4.78 is 33.4. The molecule has 160 valence electrons. The molecule has 0 aliphatic carbocycles. The highest BCUT2D eigenvalue weighted by Gasteiger charge is 2.34. The Hall–Kier alpha value is -2.09. The van der Waals surface area contributed by atoms with Crippen molar-refractivity contribution < 1.29 is 23.4 Å². The van der Waals surface area contributed by atoms with Crippen LogP contribution in [0.1, 0.15) is 24.8 Å². The number of nitrogens with one attached hydrogen (secondary N) is 1. The Balaban J connectivity index is 1.42. The van der Waals surface area contributed by atoms with Crippen LogP contribution in [0.2, 0.25) is 10.0 Å². The molecular formula is C21H20Cl2F2N2O3. The van der Waals surface area contributed by atoms with Crippen molar-refractivity contribution in [2.45, 2.75) is 31.3 Å². The summed E-state index contributed by atoms with van der Waals surface area (Å²) in [6.45, 7) is 1.00. The van der Waals surface area contributed by atoms with Gasteiger partial charge >= 0.3 is 0 Å². The normalized spacial score (nSPS) is 18.0. The Morgan fingerprint density at radius 3 is 2.57 bits per heavy atom. The van der Waals surface area contributed by atoms with Gasteiger partial charge < -0.3 is 20.1 Å². The number of hydrogen-bond donors (Lipinski definition) is 2. The number of ether oxygens (including phenoxy) is 1. The number of benzene rings is 2. The lowest BCUT2D eigenvalue weighted by Gasteiger charge is -2.39. The summed E-state index contributed by atoms with van der Waals surface area (Å²) in [5, 5.41) is 13.7. The Kier molecular flexibility index (Phi) is 5.79. The van der Waals surface area contributed by atoms with Gasteiger partial charge in [-0.1, -0.05) is 23.2 Å². The number of anilines is 2. The van der Waals surface area contributed by atoms with Crippen LogP contribution >= 0.6 is 23.2 Å². The van der Waals surface area contributed by atoms with Gasteiger partial charge in [0.05, 0.1) is 21.4 Å². The fourth-order valence-electron chi connectivity index (χ4n) is 3.83. The summed E-state index contributed by atoms with van der Waals surface area (Å²) >= 11 is 12.0. The van der Waals surface area contributed by atoms with Crippen molar-refractivity contribution in [3.8, 4) is 5.75 Å². The molecular weight excluding hydrogens is 437 g/mol. The third-order valence-corrected chi connectivity index (χ3v) is 6.20. The van der Waals surface area contributed by atoms with E-state index in [1.54, 1.807) is 0 Å². The molecule has 0 aromatic heterocycles. The lowest BCUT2D eigenvalue weighted by atomic mass is 9.92. The molecule has 2 aliphatic rings. The fourth-order valence-corrected chi connectivity index (χ4v) is 4.26. The van der Waals surface area contributed by atoms with Crippen molar-refractivity contribution in [3.05, 3.63) is 51.5 Å². The molecule has 2 heterocycles. The van der Waals surface area contributed by atoms with E-state index in [1.807, 2.05) is 4.90 Å². The minimum absolute atomic E-state index is 0.00765. The van der Waals surface area contributed by atoms with Crippen molar-refractivity contribution >= 4 is 40.5 Å². The summed E-state index contributed by atoms with van der Waals surface area (Å²) in [6.07, 6.45) is 1.44. The van der Waals surface area contributed by atoms with Gasteiger partial charge in [-0.2, -0.15) is 0 Å². The topological polar surface area (TPSA) is 61.8 Å². The highest BCUT2D eigenvalue weighted by molar-refractivity contribution is 6.35. The molecule has 4 rings (SSSR count). The quantitative estimate of drug-likeness (QED) is 0.661. The van der Waals surface area contributed by atoms with E-state index in [0.29, 0.717) is 49.4 Å². The molecule has 0 spiro atoms. The van der Waals surface area contributed by atoms with Crippen LogP contribution in [-0.4, -0.2) is 36.3 Å². The molecule has 5 nitrogen and oxygen atoms in total. The zero-order valence-corrected chi connectivity index (χ0v) is 17.5. The highest BCUT2D eigenvalue weighted by atomic mass is 35.5. The Bertz CT molecular complexity index is 995. The lowest BCUT2D eigenvalue weighted by Crippen LogP contribution is -2.48. The van der Waals surface area contributed by atoms with Crippen LogP contribution < -0.4 is 15.0 Å². The number of rotatable bonds is 4. The average molecular weight is 457 g/mol. The van der Waals surface area contributed by atoms with Gasteiger partial charge in [-0.05, 0) is 43.5 Å². The molecule has 0 radical (unpaired) electrons. The number of aliphatic hydroxyl groups is 1. The molecule has 1 saturated heterocycles. The first-order chi connectivity index (χ1) is 14.3. The first-order valence-corrected chi connectivity index (χ1v) is 10.4. The number of halogens is 4. The van der Waals surface area contributed by atoms with Crippen LogP contribution in [-0.2, 0) is 11.2 Å². The van der Waals surface area contributed by atoms with Crippen LogP contribution in [0.3, 0.4) is 0 Å². The van der Waals surface area contributed by atoms with Gasteiger partial charge in [0.1, 0.15) is 29.6 Å². The number of piperidine rings is 1. The molecule has 2 aliphatic heterocycles. The maximum atomic E-state index is 14.0. The number of hydrogen-bond acceptors (Lipinski definition) is 4. The number of nitrogens with zero attached hydrogens (tertiary/aromatic N) is 1. The fraction of sp³-hybridized carbons (Fsp3) is 0.381. The molecule has 9 heteroatoms. The standard InChI is InChI=1S/C21H20Cl2F2N2O3/c22-13-10-17(14(23)9-16(13)25)27-7-5-21(29,6-8-27)11-30-18-3-2-15(24)20-12(18)1-4-19(28)26-20/h2-3,9-10,29H,1,4-8,11H2,(H,26,28). The number of amides is 1. The molecule has 2 aromatic carbocycles. The molecule has 30 heavy (non-hydrogen) atoms. The molecule has 0 bridgehead atoms. The second-order valence-corrected chi connectivity index (χ2v) is 8.48.